The van der Waals surface area contributed by atoms with Gasteiger partial charge in [-0.1, -0.05) is 24.3 Å². The van der Waals surface area contributed by atoms with Crippen molar-refractivity contribution in [3.05, 3.63) is 70.1 Å². The molecule has 0 aromatic heterocycles. The minimum Gasteiger partial charge on any atom is -0.426 e. The Morgan fingerprint density at radius 3 is 2.31 bits per heavy atom. The van der Waals surface area contributed by atoms with Gasteiger partial charge in [0.2, 0.25) is 6.79 Å². The molecule has 0 heterocycles. The average Bonchev–Trinajstić information content (AvgIpc) is 2.71. The van der Waals surface area contributed by atoms with Crippen LogP contribution in [0.2, 0.25) is 0 Å². The molecular weight excluding hydrogens is 382 g/mol. The van der Waals surface area contributed by atoms with Crippen molar-refractivity contribution in [3.8, 4) is 5.75 Å². The molecule has 0 radical (unpaired) electrons. The summed E-state index contributed by atoms with van der Waals surface area (Å²) in [6.45, 7) is 0.842. The van der Waals surface area contributed by atoms with E-state index in [1.165, 1.54) is 19.1 Å². The Bertz CT molecular complexity index is 863. The van der Waals surface area contributed by atoms with E-state index in [1.807, 2.05) is 0 Å². The molecule has 0 saturated carbocycles. The third-order valence-corrected chi connectivity index (χ3v) is 3.68. The second-order valence-electron chi connectivity index (χ2n) is 5.78. The number of hydrogen-bond acceptors (Lipinski definition) is 9. The molecule has 0 saturated heterocycles. The predicted octanol–water partition coefficient (Wildman–Crippen LogP) is 3.21. The Kier molecular flexibility index (Phi) is 8.30. The first-order valence-electron chi connectivity index (χ1n) is 8.66. The molecule has 2 aromatic carbocycles. The molecule has 0 unspecified atom stereocenters. The minimum absolute atomic E-state index is 0.0388. The van der Waals surface area contributed by atoms with Gasteiger partial charge in [0.05, 0.1) is 5.56 Å². The lowest BCUT2D eigenvalue weighted by atomic mass is 10.1. The molecule has 2 aromatic rings. The summed E-state index contributed by atoms with van der Waals surface area (Å²) in [4.78, 5) is 49.4. The third-order valence-electron chi connectivity index (χ3n) is 3.68. The maximum atomic E-state index is 12.1. The highest BCUT2D eigenvalue weighted by molar-refractivity contribution is 5.93. The molecule has 0 aliphatic carbocycles. The van der Waals surface area contributed by atoms with E-state index in [-0.39, 0.29) is 23.5 Å². The summed E-state index contributed by atoms with van der Waals surface area (Å²) < 4.78 is 14.8. The number of para-hydroxylation sites is 1. The lowest BCUT2D eigenvalue weighted by molar-refractivity contribution is -0.131. The molecule has 0 amide bonds. The first kappa shape index (κ1) is 21.5. The monoisotopic (exact) mass is 401 g/mol. The molecule has 0 aliphatic rings. The maximum absolute atomic E-state index is 12.1. The van der Waals surface area contributed by atoms with Gasteiger partial charge in [-0.3, -0.25) is 4.79 Å². The van der Waals surface area contributed by atoms with E-state index >= 15 is 0 Å². The lowest BCUT2D eigenvalue weighted by Gasteiger charge is -2.09. The van der Waals surface area contributed by atoms with Crippen LogP contribution in [0.15, 0.2) is 53.9 Å². The number of ether oxygens (including phenoxy) is 3. The van der Waals surface area contributed by atoms with Crippen LogP contribution in [0.25, 0.3) is 0 Å². The molecule has 0 atom stereocenters. The Hall–Kier alpha value is -3.75. The van der Waals surface area contributed by atoms with Crippen LogP contribution in [0.5, 0.6) is 5.75 Å². The van der Waals surface area contributed by atoms with Crippen molar-refractivity contribution in [2.24, 2.45) is 5.34 Å². The zero-order valence-corrected chi connectivity index (χ0v) is 15.7. The van der Waals surface area contributed by atoms with Gasteiger partial charge in [0.25, 0.3) is 0 Å². The van der Waals surface area contributed by atoms with Crippen LogP contribution in [-0.2, 0) is 25.5 Å². The SMILES string of the molecule is CC(=O)Oc1ccccc1C(=O)OCOC(=O)c1ccc(CCCON=O)cc1. The van der Waals surface area contributed by atoms with Gasteiger partial charge >= 0.3 is 17.9 Å². The van der Waals surface area contributed by atoms with Crippen molar-refractivity contribution < 1.29 is 33.4 Å². The summed E-state index contributed by atoms with van der Waals surface area (Å²) in [5, 5.41) is 2.31. The second-order valence-corrected chi connectivity index (χ2v) is 5.78. The number of nitrogens with zero attached hydrogens (tertiary/aromatic N) is 1. The normalized spacial score (nSPS) is 9.97. The zero-order chi connectivity index (χ0) is 21.1. The number of esters is 3. The van der Waals surface area contributed by atoms with Gasteiger partial charge in [0.15, 0.2) is 5.34 Å². The molecule has 0 spiro atoms. The van der Waals surface area contributed by atoms with E-state index in [0.717, 1.165) is 5.56 Å². The Morgan fingerprint density at radius 1 is 0.931 bits per heavy atom. The standard InChI is InChI=1S/C20H19NO8/c1-14(22)29-18-7-3-2-6-17(18)20(24)27-13-26-19(23)16-10-8-15(9-11-16)5-4-12-28-21-25/h2-3,6-11H,4-5,12-13H2,1H3. The smallest absolute Gasteiger partial charge is 0.344 e. The highest BCUT2D eigenvalue weighted by Crippen LogP contribution is 2.19. The lowest BCUT2D eigenvalue weighted by Crippen LogP contribution is -2.14. The van der Waals surface area contributed by atoms with Crippen LogP contribution in [0, 0.1) is 4.91 Å². The first-order chi connectivity index (χ1) is 14.0. The predicted molar refractivity (Wildman–Crippen MR) is 100.0 cm³/mol. The Labute approximate surface area is 166 Å². The minimum atomic E-state index is -0.794. The van der Waals surface area contributed by atoms with E-state index in [2.05, 4.69) is 10.2 Å². The largest absolute Gasteiger partial charge is 0.426 e. The van der Waals surface area contributed by atoms with E-state index in [4.69, 9.17) is 14.2 Å². The fraction of sp³-hybridized carbons (Fsp3) is 0.250. The molecule has 152 valence electrons. The fourth-order valence-electron chi connectivity index (χ4n) is 2.36. The molecule has 9 heteroatoms. The quantitative estimate of drug-likeness (QED) is 0.149. The van der Waals surface area contributed by atoms with Gasteiger partial charge < -0.3 is 19.0 Å². The van der Waals surface area contributed by atoms with Crippen LogP contribution in [0.1, 0.15) is 39.6 Å². The summed E-state index contributed by atoms with van der Waals surface area (Å²) in [5.74, 6) is -1.97. The number of carbonyl (C=O) groups excluding carboxylic acids is 3. The number of carbonyl (C=O) groups is 3. The van der Waals surface area contributed by atoms with Gasteiger partial charge in [-0.15, -0.1) is 4.91 Å². The van der Waals surface area contributed by atoms with Gasteiger partial charge in [-0.2, -0.15) is 0 Å². The number of aryl methyl sites for hydroxylation is 1. The number of benzene rings is 2. The van der Waals surface area contributed by atoms with Crippen molar-refractivity contribution in [1.29, 1.82) is 0 Å². The molecule has 2 rings (SSSR count). The highest BCUT2D eigenvalue weighted by atomic mass is 16.7. The van der Waals surface area contributed by atoms with Gasteiger partial charge in [-0.25, -0.2) is 9.59 Å². The molecule has 0 bridgehead atoms. The summed E-state index contributed by atoms with van der Waals surface area (Å²) in [7, 11) is 0. The molecule has 0 aliphatic heterocycles. The highest BCUT2D eigenvalue weighted by Gasteiger charge is 2.16. The summed E-state index contributed by atoms with van der Waals surface area (Å²) >= 11 is 0. The maximum Gasteiger partial charge on any atom is 0.344 e. The first-order valence-corrected chi connectivity index (χ1v) is 8.66. The van der Waals surface area contributed by atoms with Crippen LogP contribution >= 0.6 is 0 Å². The van der Waals surface area contributed by atoms with Crippen LogP contribution in [0.3, 0.4) is 0 Å². The van der Waals surface area contributed by atoms with Crippen molar-refractivity contribution in [2.75, 3.05) is 13.4 Å². The van der Waals surface area contributed by atoms with Crippen molar-refractivity contribution in [2.45, 2.75) is 19.8 Å². The third kappa shape index (κ3) is 7.06. The molecule has 9 nitrogen and oxygen atoms in total. The van der Waals surface area contributed by atoms with Crippen molar-refractivity contribution >= 4 is 17.9 Å². The Balaban J connectivity index is 1.83. The molecule has 0 fully saturated rings. The number of hydrogen-bond donors (Lipinski definition) is 0. The second kappa shape index (κ2) is 11.2. The van der Waals surface area contributed by atoms with Crippen LogP contribution in [0.4, 0.5) is 0 Å². The van der Waals surface area contributed by atoms with Gasteiger partial charge in [0.1, 0.15) is 17.9 Å². The van der Waals surface area contributed by atoms with Gasteiger partial charge in [0, 0.05) is 6.92 Å². The van der Waals surface area contributed by atoms with E-state index in [0.29, 0.717) is 12.8 Å². The Morgan fingerprint density at radius 2 is 1.62 bits per heavy atom. The van der Waals surface area contributed by atoms with E-state index in [9.17, 15) is 19.3 Å². The van der Waals surface area contributed by atoms with Crippen molar-refractivity contribution in [3.63, 3.8) is 0 Å². The number of rotatable bonds is 10. The fourth-order valence-corrected chi connectivity index (χ4v) is 2.36. The van der Waals surface area contributed by atoms with Crippen molar-refractivity contribution in [1.82, 2.24) is 0 Å². The van der Waals surface area contributed by atoms with E-state index in [1.54, 1.807) is 36.4 Å². The zero-order valence-electron chi connectivity index (χ0n) is 15.7. The topological polar surface area (TPSA) is 118 Å². The molecular formula is C20H19NO8. The van der Waals surface area contributed by atoms with Crippen LogP contribution in [-0.4, -0.2) is 31.3 Å². The molecule has 29 heavy (non-hydrogen) atoms. The summed E-state index contributed by atoms with van der Waals surface area (Å²) in [5.41, 5.74) is 1.28. The van der Waals surface area contributed by atoms with E-state index < -0.39 is 24.7 Å². The van der Waals surface area contributed by atoms with Gasteiger partial charge in [-0.05, 0) is 42.7 Å². The summed E-state index contributed by atoms with van der Waals surface area (Å²) in [6.07, 6.45) is 1.27. The van der Waals surface area contributed by atoms with Crippen LogP contribution < -0.4 is 4.74 Å². The average molecular weight is 401 g/mol. The summed E-state index contributed by atoms with van der Waals surface area (Å²) in [6, 6.07) is 12.7. The molecule has 0 N–H and O–H groups in total.